The van der Waals surface area contributed by atoms with Gasteiger partial charge in [0.2, 0.25) is 5.91 Å². The Kier molecular flexibility index (Phi) is 5.97. The topological polar surface area (TPSA) is 64.4 Å². The second kappa shape index (κ2) is 8.89. The van der Waals surface area contributed by atoms with Gasteiger partial charge in [-0.2, -0.15) is 0 Å². The molecular weight excluding hydrogens is 446 g/mol. The van der Waals surface area contributed by atoms with Crippen LogP contribution in [-0.2, 0) is 22.5 Å². The average Bonchev–Trinajstić information content (AvgIpc) is 3.40. The lowest BCUT2D eigenvalue weighted by Crippen LogP contribution is -2.37. The van der Waals surface area contributed by atoms with Gasteiger partial charge in [-0.25, -0.2) is 4.98 Å². The van der Waals surface area contributed by atoms with Gasteiger partial charge in [0.05, 0.1) is 29.3 Å². The van der Waals surface area contributed by atoms with Gasteiger partial charge in [-0.15, -0.1) is 0 Å². The lowest BCUT2D eigenvalue weighted by atomic mass is 10.1. The number of hydrogen-bond donors (Lipinski definition) is 0. The molecule has 0 N–H and O–H groups in total. The molecule has 2 unspecified atom stereocenters. The first kappa shape index (κ1) is 21.5. The molecule has 6 nitrogen and oxygen atoms in total. The summed E-state index contributed by atoms with van der Waals surface area (Å²) in [5.41, 5.74) is 2.57. The molecule has 0 radical (unpaired) electrons. The molecular formula is C24H24ClN3O3S. The summed E-state index contributed by atoms with van der Waals surface area (Å²) in [6, 6.07) is 13.2. The van der Waals surface area contributed by atoms with Crippen molar-refractivity contribution in [1.29, 1.82) is 0 Å². The van der Waals surface area contributed by atoms with Crippen molar-refractivity contribution < 1.29 is 9.53 Å². The van der Waals surface area contributed by atoms with E-state index < -0.39 is 0 Å². The van der Waals surface area contributed by atoms with Gasteiger partial charge < -0.3 is 9.64 Å². The lowest BCUT2D eigenvalue weighted by Gasteiger charge is -2.23. The minimum atomic E-state index is -0.128. The molecule has 1 amide bonds. The normalized spacial score (nSPS) is 20.1. The molecule has 2 atom stereocenters. The number of rotatable bonds is 5. The number of hydrogen-bond acceptors (Lipinski definition) is 5. The highest BCUT2D eigenvalue weighted by molar-refractivity contribution is 7.99. The van der Waals surface area contributed by atoms with E-state index in [1.807, 2.05) is 23.1 Å². The fourth-order valence-corrected chi connectivity index (χ4v) is 5.61. The Labute approximate surface area is 195 Å². The molecule has 0 aliphatic carbocycles. The molecule has 1 fully saturated rings. The predicted octanol–water partition coefficient (Wildman–Crippen LogP) is 4.30. The molecule has 1 aromatic heterocycles. The molecule has 2 aromatic carbocycles. The molecule has 166 valence electrons. The third kappa shape index (κ3) is 4.05. The van der Waals surface area contributed by atoms with E-state index in [9.17, 15) is 9.59 Å². The van der Waals surface area contributed by atoms with Crippen LogP contribution in [0.25, 0.3) is 10.9 Å². The van der Waals surface area contributed by atoms with Gasteiger partial charge in [0.25, 0.3) is 5.56 Å². The molecule has 0 spiro atoms. The van der Waals surface area contributed by atoms with Gasteiger partial charge >= 0.3 is 0 Å². The van der Waals surface area contributed by atoms with Crippen molar-refractivity contribution in [2.75, 3.05) is 17.3 Å². The van der Waals surface area contributed by atoms with Crippen LogP contribution in [0.1, 0.15) is 25.3 Å². The van der Waals surface area contributed by atoms with Gasteiger partial charge in [-0.05, 0) is 56.0 Å². The highest BCUT2D eigenvalue weighted by Crippen LogP contribution is 2.33. The number of para-hydroxylation sites is 1. The van der Waals surface area contributed by atoms with E-state index >= 15 is 0 Å². The van der Waals surface area contributed by atoms with Gasteiger partial charge in [-0.3, -0.25) is 14.2 Å². The van der Waals surface area contributed by atoms with Gasteiger partial charge in [0.15, 0.2) is 5.16 Å². The quantitative estimate of drug-likeness (QED) is 0.412. The first-order valence-electron chi connectivity index (χ1n) is 10.9. The largest absolute Gasteiger partial charge is 0.376 e. The average molecular weight is 470 g/mol. The number of anilines is 1. The summed E-state index contributed by atoms with van der Waals surface area (Å²) in [6.07, 6.45) is 2.74. The van der Waals surface area contributed by atoms with Crippen molar-refractivity contribution in [2.24, 2.45) is 0 Å². The van der Waals surface area contributed by atoms with Crippen molar-refractivity contribution in [2.45, 2.75) is 50.0 Å². The number of ether oxygens (including phenoxy) is 1. The minimum Gasteiger partial charge on any atom is -0.376 e. The van der Waals surface area contributed by atoms with Crippen LogP contribution in [0, 0.1) is 0 Å². The summed E-state index contributed by atoms with van der Waals surface area (Å²) in [5, 5.41) is 1.56. The molecule has 0 saturated carbocycles. The summed E-state index contributed by atoms with van der Waals surface area (Å²) >= 11 is 7.44. The molecule has 0 bridgehead atoms. The maximum Gasteiger partial charge on any atom is 0.262 e. The maximum atomic E-state index is 13.3. The molecule has 2 aliphatic heterocycles. The van der Waals surface area contributed by atoms with Crippen molar-refractivity contribution in [3.63, 3.8) is 0 Å². The SMILES string of the molecule is CC1Cc2ccccc2N1C(=O)CSc1nc2cc(Cl)ccc2c(=O)n1CC1CCCO1. The van der Waals surface area contributed by atoms with Crippen LogP contribution in [0.5, 0.6) is 0 Å². The number of amides is 1. The zero-order valence-corrected chi connectivity index (χ0v) is 19.4. The maximum absolute atomic E-state index is 13.3. The van der Waals surface area contributed by atoms with E-state index in [-0.39, 0.29) is 29.4 Å². The molecule has 2 aliphatic rings. The molecule has 32 heavy (non-hydrogen) atoms. The second-order valence-corrected chi connectivity index (χ2v) is 9.72. The Bertz CT molecular complexity index is 1240. The Morgan fingerprint density at radius 2 is 2.12 bits per heavy atom. The summed E-state index contributed by atoms with van der Waals surface area (Å²) in [5.74, 6) is 0.208. The van der Waals surface area contributed by atoms with E-state index in [1.165, 1.54) is 17.3 Å². The number of thioether (sulfide) groups is 1. The number of fused-ring (bicyclic) bond motifs is 2. The monoisotopic (exact) mass is 469 g/mol. The third-order valence-corrected chi connectivity index (χ3v) is 7.29. The van der Waals surface area contributed by atoms with E-state index in [4.69, 9.17) is 21.3 Å². The molecule has 3 aromatic rings. The summed E-state index contributed by atoms with van der Waals surface area (Å²) in [7, 11) is 0. The Hall–Kier alpha value is -2.35. The molecule has 8 heteroatoms. The Morgan fingerprint density at radius 3 is 2.94 bits per heavy atom. The Balaban J connectivity index is 1.45. The number of carbonyl (C=O) groups excluding carboxylic acids is 1. The van der Waals surface area contributed by atoms with Crippen LogP contribution < -0.4 is 10.5 Å². The van der Waals surface area contributed by atoms with Crippen molar-refractivity contribution >= 4 is 45.9 Å². The summed E-state index contributed by atoms with van der Waals surface area (Å²) in [4.78, 5) is 33.1. The van der Waals surface area contributed by atoms with Crippen LogP contribution in [0.4, 0.5) is 5.69 Å². The fraction of sp³-hybridized carbons (Fsp3) is 0.375. The minimum absolute atomic E-state index is 0.0107. The predicted molar refractivity (Wildman–Crippen MR) is 128 cm³/mol. The van der Waals surface area contributed by atoms with Gasteiger partial charge in [-0.1, -0.05) is 41.6 Å². The van der Waals surface area contributed by atoms with Crippen molar-refractivity contribution in [1.82, 2.24) is 9.55 Å². The third-order valence-electron chi connectivity index (χ3n) is 6.09. The van der Waals surface area contributed by atoms with E-state index in [0.29, 0.717) is 34.2 Å². The van der Waals surface area contributed by atoms with Crippen LogP contribution in [0.2, 0.25) is 5.02 Å². The number of halogens is 1. The van der Waals surface area contributed by atoms with Gasteiger partial charge in [0, 0.05) is 23.4 Å². The summed E-state index contributed by atoms with van der Waals surface area (Å²) < 4.78 is 7.42. The molecule has 3 heterocycles. The molecule has 5 rings (SSSR count). The van der Waals surface area contributed by atoms with Crippen LogP contribution in [0.3, 0.4) is 0 Å². The fourth-order valence-electron chi connectivity index (χ4n) is 4.58. The zero-order valence-electron chi connectivity index (χ0n) is 17.8. The number of carbonyl (C=O) groups is 1. The number of benzene rings is 2. The number of aromatic nitrogens is 2. The Morgan fingerprint density at radius 1 is 1.28 bits per heavy atom. The smallest absolute Gasteiger partial charge is 0.262 e. The zero-order chi connectivity index (χ0) is 22.2. The van der Waals surface area contributed by atoms with E-state index in [1.54, 1.807) is 22.8 Å². The summed E-state index contributed by atoms with van der Waals surface area (Å²) in [6.45, 7) is 3.21. The van der Waals surface area contributed by atoms with Crippen LogP contribution >= 0.6 is 23.4 Å². The highest BCUT2D eigenvalue weighted by Gasteiger charge is 2.31. The van der Waals surface area contributed by atoms with E-state index in [0.717, 1.165) is 24.9 Å². The standard InChI is InChI=1S/C24H24ClN3O3S/c1-15-11-16-5-2-3-7-21(16)28(15)22(29)14-32-24-26-20-12-17(25)8-9-19(20)23(30)27(24)13-18-6-4-10-31-18/h2-3,5,7-9,12,15,18H,4,6,10-11,13-14H2,1H3. The number of nitrogens with zero attached hydrogens (tertiary/aromatic N) is 3. The lowest BCUT2D eigenvalue weighted by molar-refractivity contribution is -0.116. The van der Waals surface area contributed by atoms with Crippen molar-refractivity contribution in [3.8, 4) is 0 Å². The highest BCUT2D eigenvalue weighted by atomic mass is 35.5. The van der Waals surface area contributed by atoms with Crippen LogP contribution in [-0.4, -0.2) is 40.0 Å². The van der Waals surface area contributed by atoms with Gasteiger partial charge in [0.1, 0.15) is 0 Å². The van der Waals surface area contributed by atoms with Crippen LogP contribution in [0.15, 0.2) is 52.4 Å². The second-order valence-electron chi connectivity index (χ2n) is 8.34. The first-order chi connectivity index (χ1) is 15.5. The van der Waals surface area contributed by atoms with Crippen molar-refractivity contribution in [3.05, 3.63) is 63.4 Å². The molecule has 1 saturated heterocycles. The van der Waals surface area contributed by atoms with E-state index in [2.05, 4.69) is 13.0 Å². The first-order valence-corrected chi connectivity index (χ1v) is 12.2.